The summed E-state index contributed by atoms with van der Waals surface area (Å²) in [5, 5.41) is 6.09. The van der Waals surface area contributed by atoms with Gasteiger partial charge >= 0.3 is 0 Å². The highest BCUT2D eigenvalue weighted by Crippen LogP contribution is 2.30. The molecule has 5 rings (SSSR count). The molecule has 3 aromatic rings. The maximum Gasteiger partial charge on any atom is 0.253 e. The molecule has 38 heavy (non-hydrogen) atoms. The van der Waals surface area contributed by atoms with Crippen LogP contribution in [0, 0.1) is 0 Å². The molecule has 198 valence electrons. The molecule has 1 saturated heterocycles. The molecule has 2 N–H and O–H groups in total. The Morgan fingerprint density at radius 2 is 1.66 bits per heavy atom. The number of carbonyl (C=O) groups is 2. The largest absolute Gasteiger partial charge is 0.379 e. The molecule has 0 unspecified atom stereocenters. The lowest BCUT2D eigenvalue weighted by molar-refractivity contribution is -0.113. The summed E-state index contributed by atoms with van der Waals surface area (Å²) in [6.07, 6.45) is 0.934. The number of fused-ring (bicyclic) bond motifs is 1. The van der Waals surface area contributed by atoms with Crippen LogP contribution in [0.4, 0.5) is 11.4 Å². The minimum absolute atomic E-state index is 0.0998. The molecule has 3 aromatic carbocycles. The summed E-state index contributed by atoms with van der Waals surface area (Å²) < 4.78 is 5.42. The van der Waals surface area contributed by atoms with Gasteiger partial charge in [-0.05, 0) is 47.9 Å². The van der Waals surface area contributed by atoms with Crippen LogP contribution in [0.5, 0.6) is 0 Å². The van der Waals surface area contributed by atoms with E-state index in [9.17, 15) is 9.59 Å². The van der Waals surface area contributed by atoms with Gasteiger partial charge in [0.25, 0.3) is 5.91 Å². The van der Waals surface area contributed by atoms with E-state index in [2.05, 4.69) is 44.7 Å². The van der Waals surface area contributed by atoms with Crippen molar-refractivity contribution in [2.24, 2.45) is 0 Å². The number of rotatable bonds is 9. The third kappa shape index (κ3) is 6.95. The molecule has 1 fully saturated rings. The number of ether oxygens (including phenoxy) is 1. The number of carbonyl (C=O) groups excluding carboxylic acids is 2. The van der Waals surface area contributed by atoms with Crippen LogP contribution in [0.15, 0.2) is 77.7 Å². The molecule has 0 atom stereocenters. The predicted molar refractivity (Wildman–Crippen MR) is 153 cm³/mol. The van der Waals surface area contributed by atoms with Gasteiger partial charge in [-0.25, -0.2) is 0 Å². The normalized spacial score (nSPS) is 15.5. The van der Waals surface area contributed by atoms with Crippen LogP contribution < -0.4 is 15.5 Å². The molecule has 0 saturated carbocycles. The number of benzene rings is 3. The molecular weight excluding hydrogens is 496 g/mol. The minimum atomic E-state index is -0.123. The number of nitrogens with zero attached hydrogens (tertiary/aromatic N) is 2. The van der Waals surface area contributed by atoms with E-state index in [4.69, 9.17) is 4.74 Å². The van der Waals surface area contributed by atoms with Crippen molar-refractivity contribution >= 4 is 35.0 Å². The van der Waals surface area contributed by atoms with Crippen LogP contribution in [0.25, 0.3) is 0 Å². The summed E-state index contributed by atoms with van der Waals surface area (Å²) >= 11 is 1.49. The lowest BCUT2D eigenvalue weighted by Crippen LogP contribution is -2.41. The third-order valence-electron chi connectivity index (χ3n) is 6.93. The smallest absolute Gasteiger partial charge is 0.253 e. The van der Waals surface area contributed by atoms with Crippen LogP contribution in [0.2, 0.25) is 0 Å². The summed E-state index contributed by atoms with van der Waals surface area (Å²) in [5.41, 5.74) is 4.75. The van der Waals surface area contributed by atoms with Gasteiger partial charge < -0.3 is 20.3 Å². The van der Waals surface area contributed by atoms with Crippen molar-refractivity contribution in [1.29, 1.82) is 0 Å². The maximum atomic E-state index is 13.4. The number of amides is 2. The fourth-order valence-corrected chi connectivity index (χ4v) is 5.60. The molecule has 7 nitrogen and oxygen atoms in total. The Hall–Kier alpha value is -3.33. The van der Waals surface area contributed by atoms with E-state index in [1.807, 2.05) is 48.5 Å². The first-order valence-corrected chi connectivity index (χ1v) is 14.2. The number of anilines is 2. The molecule has 2 aliphatic heterocycles. The first-order valence-electron chi connectivity index (χ1n) is 13.2. The molecule has 8 heteroatoms. The number of nitrogens with one attached hydrogen (secondary N) is 2. The standard InChI is InChI=1S/C30H34N4O3S/c35-29(22-38-26-8-2-1-3-9-26)32-25-10-11-28(34-14-12-23-6-4-5-7-24(23)21-34)27(20-25)30(36)31-13-15-33-16-18-37-19-17-33/h1-11,20H,12-19,21-22H2,(H,31,36)(H,32,35). The highest BCUT2D eigenvalue weighted by molar-refractivity contribution is 8.00. The Labute approximate surface area is 228 Å². The van der Waals surface area contributed by atoms with Crippen molar-refractivity contribution in [2.45, 2.75) is 17.9 Å². The lowest BCUT2D eigenvalue weighted by Gasteiger charge is -2.32. The van der Waals surface area contributed by atoms with E-state index in [-0.39, 0.29) is 11.8 Å². The quantitative estimate of drug-likeness (QED) is 0.407. The van der Waals surface area contributed by atoms with E-state index in [0.29, 0.717) is 23.5 Å². The summed E-state index contributed by atoms with van der Waals surface area (Å²) in [5.74, 6) is 0.0782. The lowest BCUT2D eigenvalue weighted by atomic mass is 9.98. The van der Waals surface area contributed by atoms with E-state index in [0.717, 1.165) is 62.9 Å². The first kappa shape index (κ1) is 26.3. The van der Waals surface area contributed by atoms with Gasteiger partial charge in [0, 0.05) is 55.5 Å². The van der Waals surface area contributed by atoms with E-state index < -0.39 is 0 Å². The summed E-state index contributed by atoms with van der Waals surface area (Å²) in [6, 6.07) is 24.0. The minimum Gasteiger partial charge on any atom is -0.379 e. The van der Waals surface area contributed by atoms with Crippen LogP contribution in [-0.2, 0) is 22.5 Å². The SMILES string of the molecule is O=C(CSc1ccccc1)Nc1ccc(N2CCc3ccccc3C2)c(C(=O)NCCN2CCOCC2)c1. The topological polar surface area (TPSA) is 73.9 Å². The maximum absolute atomic E-state index is 13.4. The van der Waals surface area contributed by atoms with Crippen LogP contribution >= 0.6 is 11.8 Å². The highest BCUT2D eigenvalue weighted by atomic mass is 32.2. The van der Waals surface area contributed by atoms with Crippen molar-refractivity contribution in [3.05, 3.63) is 89.5 Å². The van der Waals surface area contributed by atoms with Crippen molar-refractivity contribution in [2.75, 3.05) is 61.9 Å². The molecule has 0 aromatic heterocycles. The van der Waals surface area contributed by atoms with Gasteiger partial charge in [-0.1, -0.05) is 42.5 Å². The first-order chi connectivity index (χ1) is 18.7. The van der Waals surface area contributed by atoms with Crippen LogP contribution in [-0.4, -0.2) is 68.4 Å². The molecular formula is C30H34N4O3S. The molecule has 0 bridgehead atoms. The second-order valence-corrected chi connectivity index (χ2v) is 10.6. The van der Waals surface area contributed by atoms with Gasteiger partial charge in [0.2, 0.25) is 5.91 Å². The van der Waals surface area contributed by atoms with Crippen molar-refractivity contribution < 1.29 is 14.3 Å². The Bertz CT molecular complexity index is 1250. The number of hydrogen-bond donors (Lipinski definition) is 2. The summed E-state index contributed by atoms with van der Waals surface area (Å²) in [7, 11) is 0. The summed E-state index contributed by atoms with van der Waals surface area (Å²) in [4.78, 5) is 31.7. The fourth-order valence-electron chi connectivity index (χ4n) is 4.88. The van der Waals surface area contributed by atoms with Gasteiger partial charge in [0.05, 0.1) is 24.5 Å². The number of hydrogen-bond acceptors (Lipinski definition) is 6. The summed E-state index contributed by atoms with van der Waals surface area (Å²) in [6.45, 7) is 6.18. The number of morpholine rings is 1. The monoisotopic (exact) mass is 530 g/mol. The van der Waals surface area contributed by atoms with Gasteiger partial charge in [0.1, 0.15) is 0 Å². The van der Waals surface area contributed by atoms with Gasteiger partial charge in [-0.3, -0.25) is 14.5 Å². The number of thioether (sulfide) groups is 1. The zero-order valence-electron chi connectivity index (χ0n) is 21.5. The molecule has 2 amide bonds. The molecule has 0 aliphatic carbocycles. The van der Waals surface area contributed by atoms with E-state index in [1.165, 1.54) is 22.9 Å². The highest BCUT2D eigenvalue weighted by Gasteiger charge is 2.22. The third-order valence-corrected chi connectivity index (χ3v) is 7.94. The van der Waals surface area contributed by atoms with Crippen molar-refractivity contribution in [1.82, 2.24) is 10.2 Å². The van der Waals surface area contributed by atoms with Gasteiger partial charge in [0.15, 0.2) is 0 Å². The molecule has 2 aliphatic rings. The predicted octanol–water partition coefficient (Wildman–Crippen LogP) is 4.04. The Kier molecular flexibility index (Phi) is 8.96. The fraction of sp³-hybridized carbons (Fsp3) is 0.333. The Morgan fingerprint density at radius 3 is 2.47 bits per heavy atom. The van der Waals surface area contributed by atoms with Gasteiger partial charge in [-0.15, -0.1) is 11.8 Å². The van der Waals surface area contributed by atoms with Gasteiger partial charge in [-0.2, -0.15) is 0 Å². The van der Waals surface area contributed by atoms with E-state index >= 15 is 0 Å². The second kappa shape index (κ2) is 13.0. The second-order valence-electron chi connectivity index (χ2n) is 9.53. The van der Waals surface area contributed by atoms with Crippen molar-refractivity contribution in [3.63, 3.8) is 0 Å². The average Bonchev–Trinajstić information content (AvgIpc) is 2.97. The Morgan fingerprint density at radius 1 is 0.895 bits per heavy atom. The van der Waals surface area contributed by atoms with Crippen molar-refractivity contribution in [3.8, 4) is 0 Å². The molecule has 0 spiro atoms. The van der Waals surface area contributed by atoms with Crippen LogP contribution in [0.1, 0.15) is 21.5 Å². The average molecular weight is 531 g/mol. The van der Waals surface area contributed by atoms with Crippen LogP contribution in [0.3, 0.4) is 0 Å². The Balaban J connectivity index is 1.29. The van der Waals surface area contributed by atoms with E-state index in [1.54, 1.807) is 0 Å². The zero-order chi connectivity index (χ0) is 26.2. The molecule has 0 radical (unpaired) electrons. The molecule has 2 heterocycles. The zero-order valence-corrected chi connectivity index (χ0v) is 22.3.